The van der Waals surface area contributed by atoms with Crippen LogP contribution in [-0.4, -0.2) is 0 Å². The Kier molecular flexibility index (Phi) is 13.3. The summed E-state index contributed by atoms with van der Waals surface area (Å²) in [7, 11) is 0. The van der Waals surface area contributed by atoms with Crippen LogP contribution in [0, 0.1) is 0 Å². The van der Waals surface area contributed by atoms with Gasteiger partial charge in [0.2, 0.25) is 0 Å². The molecule has 0 saturated heterocycles. The minimum absolute atomic E-state index is 1.07. The molecule has 0 aliphatic rings. The maximum absolute atomic E-state index is 2.38. The van der Waals surface area contributed by atoms with Crippen molar-refractivity contribution in [3.8, 4) is 33.4 Å². The molecule has 0 saturated carbocycles. The average Bonchev–Trinajstić information content (AvgIpc) is 3.72. The molecule has 0 aliphatic carbocycles. The lowest BCUT2D eigenvalue weighted by molar-refractivity contribution is 1.28. The molecular weight excluding hydrogens is 1020 g/mol. The van der Waals surface area contributed by atoms with Gasteiger partial charge in [-0.1, -0.05) is 309 Å². The summed E-state index contributed by atoms with van der Waals surface area (Å²) in [6, 6.07) is 113. The van der Waals surface area contributed by atoms with Gasteiger partial charge in [0.1, 0.15) is 0 Å². The number of hydrogen-bond acceptors (Lipinski definition) is 1. The first-order chi connectivity index (χ1) is 42.1. The highest BCUT2D eigenvalue weighted by Crippen LogP contribution is 2.42. The van der Waals surface area contributed by atoms with Gasteiger partial charge in [0.05, 0.1) is 0 Å². The van der Waals surface area contributed by atoms with E-state index in [1.807, 2.05) is 0 Å². The van der Waals surface area contributed by atoms with E-state index in [1.54, 1.807) is 0 Å². The highest BCUT2D eigenvalue weighted by Gasteiger charge is 2.17. The molecule has 398 valence electrons. The smallest absolute Gasteiger partial charge is 0.0462 e. The van der Waals surface area contributed by atoms with Gasteiger partial charge in [-0.15, -0.1) is 0 Å². The highest BCUT2D eigenvalue weighted by molar-refractivity contribution is 6.07. The Bertz CT molecular complexity index is 4570. The zero-order valence-electron chi connectivity index (χ0n) is 46.9. The first-order valence-corrected chi connectivity index (χ1v) is 29.3. The summed E-state index contributed by atoms with van der Waals surface area (Å²) in [6.45, 7) is 0. The maximum Gasteiger partial charge on any atom is 0.0462 e. The fraction of sp³-hybridized carbons (Fsp3) is 0. The molecule has 15 aromatic rings. The first-order valence-electron chi connectivity index (χ1n) is 29.3. The fourth-order valence-electron chi connectivity index (χ4n) is 12.7. The number of fused-ring (bicyclic) bond motifs is 6. The standard InChI is InChI=1S/C84H57N/c1-4-25-73-58(16-1)19-13-22-61(73)34-37-64-46-55-79(82-31-10-7-28-76(64)82)67-40-49-70(50-41-67)85(71-51-42-68(43-52-71)80-56-47-65(77-29-8-11-32-83(77)80)38-35-62-23-14-20-59-17-2-5-26-74(59)62)72-53-44-69(45-54-72)81-57-48-66(78-30-9-12-33-84(78)81)39-36-63-24-15-21-60-18-3-6-27-75(60)63/h1-57H. The minimum Gasteiger partial charge on any atom is -0.311 e. The predicted octanol–water partition coefficient (Wildman–Crippen LogP) is 23.6. The molecule has 1 nitrogen and oxygen atoms in total. The zero-order chi connectivity index (χ0) is 56.5. The third kappa shape index (κ3) is 9.84. The van der Waals surface area contributed by atoms with Gasteiger partial charge in [-0.3, -0.25) is 0 Å². The molecule has 0 unspecified atom stereocenters. The zero-order valence-corrected chi connectivity index (χ0v) is 46.9. The van der Waals surface area contributed by atoms with E-state index in [1.165, 1.54) is 131 Å². The molecule has 0 aromatic heterocycles. The molecule has 0 heterocycles. The summed E-state index contributed by atoms with van der Waals surface area (Å²) < 4.78 is 0. The Morgan fingerprint density at radius 2 is 0.388 bits per heavy atom. The summed E-state index contributed by atoms with van der Waals surface area (Å²) >= 11 is 0. The molecule has 0 bridgehead atoms. The number of nitrogens with zero attached hydrogens (tertiary/aromatic N) is 1. The lowest BCUT2D eigenvalue weighted by Crippen LogP contribution is -2.09. The predicted molar refractivity (Wildman–Crippen MR) is 369 cm³/mol. The van der Waals surface area contributed by atoms with Crippen molar-refractivity contribution < 1.29 is 0 Å². The molecule has 0 fully saturated rings. The second-order valence-corrected chi connectivity index (χ2v) is 21.9. The van der Waals surface area contributed by atoms with Crippen molar-refractivity contribution in [3.63, 3.8) is 0 Å². The number of hydrogen-bond donors (Lipinski definition) is 0. The van der Waals surface area contributed by atoms with Crippen LogP contribution < -0.4 is 4.90 Å². The molecule has 0 radical (unpaired) electrons. The summed E-state index contributed by atoms with van der Waals surface area (Å²) in [5.41, 5.74) is 17.5. The van der Waals surface area contributed by atoms with Gasteiger partial charge in [0.25, 0.3) is 0 Å². The molecule has 15 aromatic carbocycles. The van der Waals surface area contributed by atoms with Crippen molar-refractivity contribution in [2.45, 2.75) is 0 Å². The number of anilines is 3. The van der Waals surface area contributed by atoms with Crippen LogP contribution in [0.25, 0.3) is 134 Å². The van der Waals surface area contributed by atoms with Gasteiger partial charge in [0, 0.05) is 17.1 Å². The van der Waals surface area contributed by atoms with Gasteiger partial charge in [0.15, 0.2) is 0 Å². The van der Waals surface area contributed by atoms with Gasteiger partial charge in [-0.25, -0.2) is 0 Å². The molecule has 1 heteroatoms. The third-order valence-corrected chi connectivity index (χ3v) is 17.0. The molecule has 0 atom stereocenters. The van der Waals surface area contributed by atoms with Crippen LogP contribution in [0.1, 0.15) is 33.4 Å². The molecule has 0 amide bonds. The number of benzene rings is 15. The maximum atomic E-state index is 2.38. The van der Waals surface area contributed by atoms with Crippen LogP contribution in [0.3, 0.4) is 0 Å². The van der Waals surface area contributed by atoms with Crippen molar-refractivity contribution in [2.75, 3.05) is 4.90 Å². The largest absolute Gasteiger partial charge is 0.311 e. The fourth-order valence-corrected chi connectivity index (χ4v) is 12.7. The first kappa shape index (κ1) is 50.8. The third-order valence-electron chi connectivity index (χ3n) is 17.0. The van der Waals surface area contributed by atoms with E-state index >= 15 is 0 Å². The van der Waals surface area contributed by atoms with E-state index in [9.17, 15) is 0 Å². The van der Waals surface area contributed by atoms with Crippen molar-refractivity contribution in [1.82, 2.24) is 0 Å². The topological polar surface area (TPSA) is 3.24 Å². The van der Waals surface area contributed by atoms with Crippen LogP contribution in [-0.2, 0) is 0 Å². The average molecular weight is 1080 g/mol. The summed E-state index contributed by atoms with van der Waals surface area (Å²) in [5.74, 6) is 0. The van der Waals surface area contributed by atoms with E-state index in [4.69, 9.17) is 0 Å². The molecule has 0 spiro atoms. The van der Waals surface area contributed by atoms with Crippen molar-refractivity contribution in [2.24, 2.45) is 0 Å². The van der Waals surface area contributed by atoms with Crippen LogP contribution in [0.15, 0.2) is 309 Å². The second kappa shape index (κ2) is 22.3. The van der Waals surface area contributed by atoms with Crippen LogP contribution in [0.5, 0.6) is 0 Å². The molecule has 0 aliphatic heterocycles. The van der Waals surface area contributed by atoms with Gasteiger partial charge in [-0.05, 0) is 168 Å². The van der Waals surface area contributed by atoms with E-state index in [2.05, 4.69) is 351 Å². The van der Waals surface area contributed by atoms with Crippen molar-refractivity contribution in [3.05, 3.63) is 343 Å². The SMILES string of the molecule is C(=Cc1ccc(-c2ccc(N(c3ccc(-c4ccc(C=Cc5cccc6ccccc56)c5ccccc45)cc3)c3ccc(-c4ccc(C=Cc5cccc6ccccc56)c5ccccc45)cc3)cc2)c2ccccc12)c1cccc2ccccc12. The monoisotopic (exact) mass is 1080 g/mol. The summed E-state index contributed by atoms with van der Waals surface area (Å²) in [6.07, 6.45) is 13.5. The van der Waals surface area contributed by atoms with E-state index in [0.717, 1.165) is 17.1 Å². The number of rotatable bonds is 12. The molecular formula is C84H57N. The quantitative estimate of drug-likeness (QED) is 0.110. The minimum atomic E-state index is 1.07. The normalized spacial score (nSPS) is 11.9. The van der Waals surface area contributed by atoms with Gasteiger partial charge in [-0.2, -0.15) is 0 Å². The lowest BCUT2D eigenvalue weighted by atomic mass is 9.93. The lowest BCUT2D eigenvalue weighted by Gasteiger charge is -2.26. The van der Waals surface area contributed by atoms with Crippen molar-refractivity contribution >= 4 is 118 Å². The Morgan fingerprint density at radius 3 is 0.671 bits per heavy atom. The Morgan fingerprint density at radius 1 is 0.165 bits per heavy atom. The van der Waals surface area contributed by atoms with Gasteiger partial charge >= 0.3 is 0 Å². The Labute approximate surface area is 496 Å². The molecule has 15 rings (SSSR count). The van der Waals surface area contributed by atoms with Crippen molar-refractivity contribution in [1.29, 1.82) is 0 Å². The summed E-state index contributed by atoms with van der Waals surface area (Å²) in [5, 5.41) is 14.8. The van der Waals surface area contributed by atoms with Crippen LogP contribution >= 0.6 is 0 Å². The Hall–Kier alpha value is -11.1. The van der Waals surface area contributed by atoms with E-state index in [-0.39, 0.29) is 0 Å². The van der Waals surface area contributed by atoms with Crippen LogP contribution in [0.4, 0.5) is 17.1 Å². The van der Waals surface area contributed by atoms with E-state index < -0.39 is 0 Å². The van der Waals surface area contributed by atoms with Crippen LogP contribution in [0.2, 0.25) is 0 Å². The molecule has 85 heavy (non-hydrogen) atoms. The second-order valence-electron chi connectivity index (χ2n) is 21.9. The Balaban J connectivity index is 0.779. The van der Waals surface area contributed by atoms with Gasteiger partial charge < -0.3 is 4.90 Å². The summed E-state index contributed by atoms with van der Waals surface area (Å²) in [4.78, 5) is 2.38. The van der Waals surface area contributed by atoms with E-state index in [0.29, 0.717) is 0 Å². The molecule has 0 N–H and O–H groups in total. The highest BCUT2D eigenvalue weighted by atomic mass is 15.1.